The van der Waals surface area contributed by atoms with Crippen molar-refractivity contribution in [1.82, 2.24) is 10.2 Å². The van der Waals surface area contributed by atoms with Gasteiger partial charge in [-0.1, -0.05) is 6.07 Å². The lowest BCUT2D eigenvalue weighted by atomic mass is 9.97. The van der Waals surface area contributed by atoms with Gasteiger partial charge in [0.25, 0.3) is 5.91 Å². The van der Waals surface area contributed by atoms with E-state index in [4.69, 9.17) is 0 Å². The third-order valence-corrected chi connectivity index (χ3v) is 3.63. The maximum atomic E-state index is 11.9. The first-order valence-corrected chi connectivity index (χ1v) is 6.89. The fourth-order valence-electron chi connectivity index (χ4n) is 1.84. The minimum Gasteiger partial charge on any atom is -0.351 e. The van der Waals surface area contributed by atoms with Crippen LogP contribution in [0.1, 0.15) is 30.4 Å². The van der Waals surface area contributed by atoms with Crippen molar-refractivity contribution in [2.45, 2.75) is 26.3 Å². The highest BCUT2D eigenvalue weighted by atomic mass is 32.1. The Hall–Kier alpha value is -1.36. The normalized spacial score (nSPS) is 16.3. The van der Waals surface area contributed by atoms with Crippen molar-refractivity contribution in [3.05, 3.63) is 22.4 Å². The van der Waals surface area contributed by atoms with Crippen molar-refractivity contribution in [1.29, 1.82) is 0 Å². The average molecular weight is 266 g/mol. The molecule has 0 spiro atoms. The van der Waals surface area contributed by atoms with Gasteiger partial charge in [0.2, 0.25) is 5.91 Å². The van der Waals surface area contributed by atoms with Crippen LogP contribution in [0.25, 0.3) is 0 Å². The van der Waals surface area contributed by atoms with Crippen LogP contribution in [0.3, 0.4) is 0 Å². The van der Waals surface area contributed by atoms with Gasteiger partial charge in [0.1, 0.15) is 0 Å². The molecule has 0 aliphatic carbocycles. The first-order chi connectivity index (χ1) is 8.37. The van der Waals surface area contributed by atoms with E-state index in [-0.39, 0.29) is 23.3 Å². The molecule has 0 unspecified atom stereocenters. The summed E-state index contributed by atoms with van der Waals surface area (Å²) in [6.07, 6.45) is 0. The summed E-state index contributed by atoms with van der Waals surface area (Å²) in [5.41, 5.74) is -0.213. The quantitative estimate of drug-likeness (QED) is 0.886. The minimum absolute atomic E-state index is 0.0322. The summed E-state index contributed by atoms with van der Waals surface area (Å²) in [6, 6.07) is 3.68. The molecule has 1 N–H and O–H groups in total. The number of nitrogens with zero attached hydrogens (tertiary/aromatic N) is 1. The summed E-state index contributed by atoms with van der Waals surface area (Å²) in [6.45, 7) is 6.92. The van der Waals surface area contributed by atoms with Gasteiger partial charge in [0.15, 0.2) is 0 Å². The Labute approximate surface area is 111 Å². The van der Waals surface area contributed by atoms with Gasteiger partial charge in [0, 0.05) is 18.6 Å². The summed E-state index contributed by atoms with van der Waals surface area (Å²) in [5, 5.41) is 4.83. The molecule has 1 fully saturated rings. The molecular formula is C13H18N2O2S. The van der Waals surface area contributed by atoms with Gasteiger partial charge >= 0.3 is 0 Å². The topological polar surface area (TPSA) is 49.4 Å². The van der Waals surface area contributed by atoms with Crippen molar-refractivity contribution in [3.8, 4) is 0 Å². The molecule has 1 aliphatic rings. The third kappa shape index (κ3) is 2.90. The van der Waals surface area contributed by atoms with Crippen LogP contribution in [0.2, 0.25) is 0 Å². The predicted molar refractivity (Wildman–Crippen MR) is 71.6 cm³/mol. The summed E-state index contributed by atoms with van der Waals surface area (Å²) >= 11 is 1.44. The van der Waals surface area contributed by atoms with E-state index in [1.165, 1.54) is 11.3 Å². The Kier molecular flexibility index (Phi) is 3.43. The van der Waals surface area contributed by atoms with E-state index in [0.29, 0.717) is 13.1 Å². The molecule has 98 valence electrons. The minimum atomic E-state index is -0.213. The van der Waals surface area contributed by atoms with E-state index in [0.717, 1.165) is 4.88 Å². The van der Waals surface area contributed by atoms with Crippen molar-refractivity contribution in [2.24, 2.45) is 5.92 Å². The molecule has 0 aromatic carbocycles. The predicted octanol–water partition coefficient (Wildman–Crippen LogP) is 1.73. The number of nitrogens with one attached hydrogen (secondary N) is 1. The molecule has 5 heteroatoms. The Morgan fingerprint density at radius 3 is 2.56 bits per heavy atom. The van der Waals surface area contributed by atoms with Crippen molar-refractivity contribution < 1.29 is 9.59 Å². The molecule has 1 aromatic rings. The van der Waals surface area contributed by atoms with Crippen LogP contribution in [-0.2, 0) is 4.79 Å². The van der Waals surface area contributed by atoms with Crippen molar-refractivity contribution >= 4 is 23.2 Å². The monoisotopic (exact) mass is 266 g/mol. The van der Waals surface area contributed by atoms with Gasteiger partial charge < -0.3 is 10.2 Å². The molecule has 0 bridgehead atoms. The number of carbonyl (C=O) groups is 2. The largest absolute Gasteiger partial charge is 0.351 e. The van der Waals surface area contributed by atoms with E-state index in [9.17, 15) is 9.59 Å². The zero-order chi connectivity index (χ0) is 13.3. The molecule has 0 atom stereocenters. The Bertz CT molecular complexity index is 442. The molecule has 0 radical (unpaired) electrons. The lowest BCUT2D eigenvalue weighted by Gasteiger charge is -2.39. The maximum Gasteiger partial charge on any atom is 0.263 e. The second-order valence-corrected chi connectivity index (χ2v) is 6.57. The second kappa shape index (κ2) is 4.72. The lowest BCUT2D eigenvalue weighted by molar-refractivity contribution is -0.130. The molecule has 1 aromatic heterocycles. The maximum absolute atomic E-state index is 11.9. The first kappa shape index (κ1) is 13.1. The van der Waals surface area contributed by atoms with Crippen LogP contribution < -0.4 is 5.32 Å². The number of likely N-dealkylation sites (tertiary alicyclic amines) is 1. The van der Waals surface area contributed by atoms with Crippen LogP contribution in [0.4, 0.5) is 0 Å². The van der Waals surface area contributed by atoms with Gasteiger partial charge in [-0.2, -0.15) is 0 Å². The molecule has 1 saturated heterocycles. The Balaban J connectivity index is 1.84. The van der Waals surface area contributed by atoms with Gasteiger partial charge in [-0.15, -0.1) is 11.3 Å². The summed E-state index contributed by atoms with van der Waals surface area (Å²) in [4.78, 5) is 26.3. The van der Waals surface area contributed by atoms with Crippen LogP contribution in [-0.4, -0.2) is 35.3 Å². The zero-order valence-corrected chi connectivity index (χ0v) is 11.7. The van der Waals surface area contributed by atoms with Gasteiger partial charge in [-0.25, -0.2) is 0 Å². The third-order valence-electron chi connectivity index (χ3n) is 2.77. The van der Waals surface area contributed by atoms with Crippen molar-refractivity contribution in [3.63, 3.8) is 0 Å². The molecular weight excluding hydrogens is 248 g/mol. The standard InChI is InChI=1S/C13H18N2O2S/c1-13(2,3)14-11(16)9-7-15(8-9)12(17)10-5-4-6-18-10/h4-6,9H,7-8H2,1-3H3,(H,14,16). The number of thiophene rings is 1. The van der Waals surface area contributed by atoms with Gasteiger partial charge in [-0.05, 0) is 32.2 Å². The Morgan fingerprint density at radius 2 is 2.06 bits per heavy atom. The smallest absolute Gasteiger partial charge is 0.263 e. The average Bonchev–Trinajstić information content (AvgIpc) is 2.63. The van der Waals surface area contributed by atoms with Crippen LogP contribution in [0, 0.1) is 5.92 Å². The van der Waals surface area contributed by atoms with E-state index in [1.807, 2.05) is 38.3 Å². The highest BCUT2D eigenvalue weighted by Crippen LogP contribution is 2.21. The van der Waals surface area contributed by atoms with E-state index in [2.05, 4.69) is 5.32 Å². The van der Waals surface area contributed by atoms with Crippen LogP contribution >= 0.6 is 11.3 Å². The number of amides is 2. The van der Waals surface area contributed by atoms with Crippen molar-refractivity contribution in [2.75, 3.05) is 13.1 Å². The molecule has 1 aliphatic heterocycles. The van der Waals surface area contributed by atoms with Gasteiger partial charge in [-0.3, -0.25) is 9.59 Å². The Morgan fingerprint density at radius 1 is 1.39 bits per heavy atom. The summed E-state index contributed by atoms with van der Waals surface area (Å²) in [5.74, 6) is 0.00988. The van der Waals surface area contributed by atoms with Crippen LogP contribution in [0.5, 0.6) is 0 Å². The SMILES string of the molecule is CC(C)(C)NC(=O)C1CN(C(=O)c2cccs2)C1. The fourth-order valence-corrected chi connectivity index (χ4v) is 2.53. The highest BCUT2D eigenvalue weighted by Gasteiger charge is 2.37. The van der Waals surface area contributed by atoms with E-state index < -0.39 is 0 Å². The zero-order valence-electron chi connectivity index (χ0n) is 10.9. The molecule has 4 nitrogen and oxygen atoms in total. The van der Waals surface area contributed by atoms with Crippen LogP contribution in [0.15, 0.2) is 17.5 Å². The number of rotatable bonds is 2. The molecule has 2 heterocycles. The highest BCUT2D eigenvalue weighted by molar-refractivity contribution is 7.12. The molecule has 2 rings (SSSR count). The molecule has 0 saturated carbocycles. The van der Waals surface area contributed by atoms with Gasteiger partial charge in [0.05, 0.1) is 10.8 Å². The fraction of sp³-hybridized carbons (Fsp3) is 0.538. The number of hydrogen-bond donors (Lipinski definition) is 1. The van der Waals surface area contributed by atoms with E-state index in [1.54, 1.807) is 4.90 Å². The second-order valence-electron chi connectivity index (χ2n) is 5.62. The van der Waals surface area contributed by atoms with E-state index >= 15 is 0 Å². The summed E-state index contributed by atoms with van der Waals surface area (Å²) in [7, 11) is 0. The molecule has 18 heavy (non-hydrogen) atoms. The molecule has 2 amide bonds. The number of carbonyl (C=O) groups excluding carboxylic acids is 2. The first-order valence-electron chi connectivity index (χ1n) is 6.01. The lowest BCUT2D eigenvalue weighted by Crippen LogP contribution is -2.57. The number of hydrogen-bond acceptors (Lipinski definition) is 3. The summed E-state index contributed by atoms with van der Waals surface area (Å²) < 4.78 is 0.